The summed E-state index contributed by atoms with van der Waals surface area (Å²) in [6, 6.07) is 40.1. The molecule has 0 bridgehead atoms. The molecule has 0 aliphatic carbocycles. The monoisotopic (exact) mass is 715 g/mol. The van der Waals surface area contributed by atoms with Crippen molar-refractivity contribution in [2.75, 3.05) is 6.54 Å². The van der Waals surface area contributed by atoms with E-state index in [9.17, 15) is 9.59 Å². The summed E-state index contributed by atoms with van der Waals surface area (Å²) in [5.41, 5.74) is 7.93. The number of nitrogens with zero attached hydrogens (tertiary/aromatic N) is 4. The lowest BCUT2D eigenvalue weighted by atomic mass is 9.77. The number of H-pyrrole nitrogens is 1. The van der Waals surface area contributed by atoms with Gasteiger partial charge in [0, 0.05) is 41.0 Å². The van der Waals surface area contributed by atoms with Crippen LogP contribution < -0.4 is 0 Å². The van der Waals surface area contributed by atoms with E-state index in [2.05, 4.69) is 121 Å². The third kappa shape index (κ3) is 6.05. The third-order valence-corrected chi connectivity index (χ3v) is 10.6. The number of rotatable bonds is 7. The minimum absolute atomic E-state index is 0.00638. The summed E-state index contributed by atoms with van der Waals surface area (Å²) in [4.78, 5) is 36.0. The second-order valence-electron chi connectivity index (χ2n) is 15.5. The predicted octanol–water partition coefficient (Wildman–Crippen LogP) is 10.2. The minimum atomic E-state index is -0.802. The number of imide groups is 1. The highest BCUT2D eigenvalue weighted by molar-refractivity contribution is 5.99. The van der Waals surface area contributed by atoms with E-state index < -0.39 is 17.2 Å². The van der Waals surface area contributed by atoms with Crippen molar-refractivity contribution in [2.45, 2.75) is 70.4 Å². The minimum Gasteiger partial charge on any atom is -0.443 e. The van der Waals surface area contributed by atoms with E-state index in [4.69, 9.17) is 14.8 Å². The number of ether oxygens (including phenoxy) is 1. The van der Waals surface area contributed by atoms with Crippen LogP contribution in [0.25, 0.3) is 33.2 Å². The van der Waals surface area contributed by atoms with Gasteiger partial charge in [-0.25, -0.2) is 19.4 Å². The molecule has 1 unspecified atom stereocenters. The van der Waals surface area contributed by atoms with Crippen LogP contribution in [-0.2, 0) is 15.1 Å². The maximum Gasteiger partial charge on any atom is 0.417 e. The van der Waals surface area contributed by atoms with Crippen LogP contribution in [0.4, 0.5) is 4.79 Å². The van der Waals surface area contributed by atoms with Gasteiger partial charge in [0.1, 0.15) is 11.1 Å². The lowest BCUT2D eigenvalue weighted by Gasteiger charge is -2.36. The summed E-state index contributed by atoms with van der Waals surface area (Å²) in [6.07, 6.45) is 4.20. The van der Waals surface area contributed by atoms with Gasteiger partial charge in [-0.05, 0) is 85.0 Å². The van der Waals surface area contributed by atoms with Gasteiger partial charge in [0.2, 0.25) is 5.91 Å². The molecule has 0 radical (unpaired) electrons. The van der Waals surface area contributed by atoms with Crippen LogP contribution in [0.2, 0.25) is 0 Å². The van der Waals surface area contributed by atoms with Gasteiger partial charge in [-0.2, -0.15) is 5.10 Å². The van der Waals surface area contributed by atoms with Crippen molar-refractivity contribution in [1.29, 1.82) is 0 Å². The van der Waals surface area contributed by atoms with E-state index in [1.165, 1.54) is 10.5 Å². The number of fused-ring (bicyclic) bond motifs is 2. The van der Waals surface area contributed by atoms with E-state index in [1.54, 1.807) is 0 Å². The van der Waals surface area contributed by atoms with Gasteiger partial charge < -0.3 is 9.72 Å². The maximum absolute atomic E-state index is 13.2. The largest absolute Gasteiger partial charge is 0.443 e. The topological polar surface area (TPSA) is 93.1 Å². The Morgan fingerprint density at radius 2 is 1.44 bits per heavy atom. The first-order valence-corrected chi connectivity index (χ1v) is 18.8. The molecule has 4 aromatic carbocycles. The fraction of sp³-hybridized carbons (Fsp3) is 0.261. The molecule has 1 aliphatic heterocycles. The van der Waals surface area contributed by atoms with Gasteiger partial charge in [-0.3, -0.25) is 4.79 Å². The molecule has 1 atom stereocenters. The number of amides is 2. The third-order valence-electron chi connectivity index (χ3n) is 10.6. The Hall–Kier alpha value is -6.02. The molecule has 8 nitrogen and oxygen atoms in total. The number of hydrogen-bond acceptors (Lipinski definition) is 5. The molecule has 0 spiro atoms. The molecule has 1 aliphatic rings. The van der Waals surface area contributed by atoms with E-state index in [-0.39, 0.29) is 24.2 Å². The molecule has 4 heterocycles. The Morgan fingerprint density at radius 1 is 0.833 bits per heavy atom. The normalized spacial score (nSPS) is 15.3. The number of aromatic amines is 1. The molecule has 0 saturated carbocycles. The number of aromatic nitrogens is 4. The number of piperidine rings is 1. The molecule has 7 aromatic rings. The maximum atomic E-state index is 13.2. The average molecular weight is 716 g/mol. The Bertz CT molecular complexity index is 2360. The summed E-state index contributed by atoms with van der Waals surface area (Å²) < 4.78 is 7.59. The Labute approximate surface area is 315 Å². The molecule has 8 heteroatoms. The molecule has 3 aromatic heterocycles. The fourth-order valence-corrected chi connectivity index (χ4v) is 8.22. The molecule has 1 saturated heterocycles. The number of hydrogen-bond donors (Lipinski definition) is 1. The van der Waals surface area contributed by atoms with E-state index in [0.717, 1.165) is 55.4 Å². The average Bonchev–Trinajstić information content (AvgIpc) is 3.78. The first-order valence-electron chi connectivity index (χ1n) is 18.8. The van der Waals surface area contributed by atoms with Crippen LogP contribution in [-0.4, -0.2) is 48.8 Å². The molecule has 1 fully saturated rings. The number of likely N-dealkylation sites (tertiary alicyclic amines) is 1. The Balaban J connectivity index is 1.24. The van der Waals surface area contributed by atoms with E-state index in [0.29, 0.717) is 13.0 Å². The van der Waals surface area contributed by atoms with Crippen molar-refractivity contribution in [3.05, 3.63) is 155 Å². The van der Waals surface area contributed by atoms with Gasteiger partial charge >= 0.3 is 6.09 Å². The van der Waals surface area contributed by atoms with Crippen LogP contribution in [0.5, 0.6) is 0 Å². The first-order chi connectivity index (χ1) is 26.1. The summed E-state index contributed by atoms with van der Waals surface area (Å²) in [5.74, 6) is -0.00457. The zero-order chi connectivity index (χ0) is 37.6. The highest BCUT2D eigenvalue weighted by Crippen LogP contribution is 2.44. The fourth-order valence-electron chi connectivity index (χ4n) is 8.22. The number of pyridine rings is 1. The van der Waals surface area contributed by atoms with Crippen molar-refractivity contribution in [3.8, 4) is 11.3 Å². The second-order valence-corrected chi connectivity index (χ2v) is 15.5. The zero-order valence-corrected chi connectivity index (χ0v) is 31.4. The van der Waals surface area contributed by atoms with Crippen LogP contribution in [0.15, 0.2) is 128 Å². The lowest BCUT2D eigenvalue weighted by Crippen LogP contribution is -2.44. The van der Waals surface area contributed by atoms with Gasteiger partial charge in [-0.15, -0.1) is 0 Å². The number of benzene rings is 4. The van der Waals surface area contributed by atoms with Crippen molar-refractivity contribution >= 4 is 33.9 Å². The van der Waals surface area contributed by atoms with Gasteiger partial charge in [0.15, 0.2) is 5.65 Å². The quantitative estimate of drug-likeness (QED) is 0.166. The molecular formula is C46H45N5O3. The predicted molar refractivity (Wildman–Crippen MR) is 213 cm³/mol. The molecule has 8 rings (SSSR count). The van der Waals surface area contributed by atoms with Crippen molar-refractivity contribution in [2.24, 2.45) is 0 Å². The number of carbonyl (C=O) groups excluding carboxylic acids is 2. The summed E-state index contributed by atoms with van der Waals surface area (Å²) in [5, 5.41) is 7.28. The standard InChI is InChI=1S/C46H45N5O3/c1-30(2)41-37-27-31(32-24-26-50(40(52)28-32)44(53)54-45(3,4)5)21-22-39(37)49-42(41)36-23-25-47-43-38(36)29-48-51(43)46(33-15-9-6-10-16-33,34-17-11-7-12-18-34)35-19-13-8-14-20-35/h6-23,25,27,29-30,32,49H,24,26,28H2,1-5H3. The highest BCUT2D eigenvalue weighted by atomic mass is 16.6. The van der Waals surface area contributed by atoms with Crippen molar-refractivity contribution in [3.63, 3.8) is 0 Å². The van der Waals surface area contributed by atoms with Crippen molar-refractivity contribution in [1.82, 2.24) is 24.6 Å². The molecule has 2 amide bonds. The van der Waals surface area contributed by atoms with Crippen molar-refractivity contribution < 1.29 is 14.3 Å². The van der Waals surface area contributed by atoms with Crippen LogP contribution in [0, 0.1) is 0 Å². The van der Waals surface area contributed by atoms with Crippen LogP contribution in [0.3, 0.4) is 0 Å². The Kier molecular flexibility index (Phi) is 8.92. The highest BCUT2D eigenvalue weighted by Gasteiger charge is 2.41. The number of carbonyl (C=O) groups is 2. The summed E-state index contributed by atoms with van der Waals surface area (Å²) in [7, 11) is 0. The smallest absolute Gasteiger partial charge is 0.417 e. The molecule has 272 valence electrons. The summed E-state index contributed by atoms with van der Waals surface area (Å²) >= 11 is 0. The molecule has 54 heavy (non-hydrogen) atoms. The van der Waals surface area contributed by atoms with Crippen LogP contribution >= 0.6 is 0 Å². The second kappa shape index (κ2) is 13.8. The first kappa shape index (κ1) is 35.0. The molecular weight excluding hydrogens is 671 g/mol. The SMILES string of the molecule is CC(C)c1c(-c2ccnc3c2cnn3C(c2ccccc2)(c2ccccc2)c2ccccc2)[nH]c2ccc(C3CCN(C(=O)OC(C)(C)C)C(=O)C3)cc12. The lowest BCUT2D eigenvalue weighted by molar-refractivity contribution is -0.132. The molecule has 1 N–H and O–H groups in total. The summed E-state index contributed by atoms with van der Waals surface area (Å²) in [6.45, 7) is 10.2. The van der Waals surface area contributed by atoms with Gasteiger partial charge in [0.05, 0.1) is 11.9 Å². The Morgan fingerprint density at radius 3 is 2.00 bits per heavy atom. The van der Waals surface area contributed by atoms with E-state index >= 15 is 0 Å². The van der Waals surface area contributed by atoms with Gasteiger partial charge in [-0.1, -0.05) is 111 Å². The zero-order valence-electron chi connectivity index (χ0n) is 31.4. The van der Waals surface area contributed by atoms with E-state index in [1.807, 2.05) is 51.4 Å². The van der Waals surface area contributed by atoms with Crippen LogP contribution in [0.1, 0.15) is 87.1 Å². The number of nitrogens with one attached hydrogen (secondary N) is 1. The van der Waals surface area contributed by atoms with Gasteiger partial charge in [0.25, 0.3) is 0 Å².